The van der Waals surface area contributed by atoms with Gasteiger partial charge in [-0.2, -0.15) is 0 Å². The van der Waals surface area contributed by atoms with Crippen LogP contribution in [-0.4, -0.2) is 31.0 Å². The summed E-state index contributed by atoms with van der Waals surface area (Å²) in [4.78, 5) is 1.17. The molecule has 0 aliphatic rings. The lowest BCUT2D eigenvalue weighted by atomic mass is 10.3. The molecule has 21 heavy (non-hydrogen) atoms. The van der Waals surface area contributed by atoms with Gasteiger partial charge in [-0.3, -0.25) is 0 Å². The van der Waals surface area contributed by atoms with Crippen molar-refractivity contribution in [1.82, 2.24) is 0 Å². The first kappa shape index (κ1) is 15.8. The summed E-state index contributed by atoms with van der Waals surface area (Å²) in [5.41, 5.74) is 0.954. The second kappa shape index (κ2) is 8.67. The molecule has 0 aliphatic carbocycles. The normalized spacial score (nSPS) is 12.1. The van der Waals surface area contributed by atoms with Gasteiger partial charge in [0.05, 0.1) is 25.9 Å². The topological polar surface area (TPSA) is 50.7 Å². The van der Waals surface area contributed by atoms with Crippen LogP contribution in [0.25, 0.3) is 0 Å². The highest BCUT2D eigenvalue weighted by molar-refractivity contribution is 7.09. The van der Waals surface area contributed by atoms with E-state index >= 15 is 0 Å². The van der Waals surface area contributed by atoms with Crippen LogP contribution in [0, 0.1) is 0 Å². The van der Waals surface area contributed by atoms with Crippen molar-refractivity contribution < 1.29 is 14.6 Å². The summed E-state index contributed by atoms with van der Waals surface area (Å²) in [7, 11) is 0. The Balaban J connectivity index is 1.64. The van der Waals surface area contributed by atoms with Crippen molar-refractivity contribution in [1.29, 1.82) is 0 Å². The fourth-order valence-corrected chi connectivity index (χ4v) is 2.46. The van der Waals surface area contributed by atoms with Crippen LogP contribution in [0.3, 0.4) is 0 Å². The van der Waals surface area contributed by atoms with Gasteiger partial charge in [-0.15, -0.1) is 11.3 Å². The Bertz CT molecular complexity index is 499. The van der Waals surface area contributed by atoms with Crippen LogP contribution >= 0.6 is 11.3 Å². The molecule has 0 radical (unpaired) electrons. The molecule has 2 aromatic rings. The molecule has 0 bridgehead atoms. The fraction of sp³-hybridized carbons (Fsp3) is 0.375. The Morgan fingerprint density at radius 1 is 1.24 bits per heavy atom. The van der Waals surface area contributed by atoms with Gasteiger partial charge < -0.3 is 19.9 Å². The summed E-state index contributed by atoms with van der Waals surface area (Å²) in [5, 5.41) is 15.1. The minimum Gasteiger partial charge on any atom is -0.494 e. The highest BCUT2D eigenvalue weighted by Gasteiger charge is 2.05. The number of hydrogen-bond acceptors (Lipinski definition) is 5. The summed E-state index contributed by atoms with van der Waals surface area (Å²) in [6, 6.07) is 11.7. The molecule has 5 heteroatoms. The molecule has 0 amide bonds. The molecule has 114 valence electrons. The number of ether oxygens (including phenoxy) is 2. The van der Waals surface area contributed by atoms with E-state index in [0.717, 1.165) is 11.4 Å². The number of nitrogens with one attached hydrogen (secondary N) is 1. The minimum atomic E-state index is -0.531. The van der Waals surface area contributed by atoms with Crippen molar-refractivity contribution in [3.63, 3.8) is 0 Å². The Morgan fingerprint density at radius 2 is 2.05 bits per heavy atom. The first-order valence-electron chi connectivity index (χ1n) is 7.03. The highest BCUT2D eigenvalue weighted by Crippen LogP contribution is 2.15. The molecule has 4 nitrogen and oxygen atoms in total. The summed E-state index contributed by atoms with van der Waals surface area (Å²) in [5.74, 6) is 0.850. The lowest BCUT2D eigenvalue weighted by Crippen LogP contribution is -2.24. The largest absolute Gasteiger partial charge is 0.494 e. The number of benzene rings is 1. The average Bonchev–Trinajstić information content (AvgIpc) is 3.00. The minimum absolute atomic E-state index is 0.321. The molecule has 1 heterocycles. The Morgan fingerprint density at radius 3 is 2.71 bits per heavy atom. The Labute approximate surface area is 129 Å². The second-order valence-corrected chi connectivity index (χ2v) is 5.62. The molecule has 1 aromatic carbocycles. The lowest BCUT2D eigenvalue weighted by Gasteiger charge is -2.13. The Hall–Kier alpha value is -1.56. The molecule has 0 saturated heterocycles. The van der Waals surface area contributed by atoms with Crippen molar-refractivity contribution in [3.8, 4) is 5.75 Å². The predicted molar refractivity (Wildman–Crippen MR) is 86.1 cm³/mol. The van der Waals surface area contributed by atoms with Crippen molar-refractivity contribution in [3.05, 3.63) is 46.7 Å². The maximum atomic E-state index is 9.87. The van der Waals surface area contributed by atoms with Gasteiger partial charge in [-0.25, -0.2) is 0 Å². The zero-order chi connectivity index (χ0) is 14.9. The van der Waals surface area contributed by atoms with Crippen molar-refractivity contribution >= 4 is 17.0 Å². The van der Waals surface area contributed by atoms with Crippen molar-refractivity contribution in [2.45, 2.75) is 19.6 Å². The average molecular weight is 307 g/mol. The molecule has 0 fully saturated rings. The van der Waals surface area contributed by atoms with E-state index in [1.165, 1.54) is 4.88 Å². The maximum Gasteiger partial charge on any atom is 0.119 e. The van der Waals surface area contributed by atoms with Gasteiger partial charge in [-0.05, 0) is 42.6 Å². The summed E-state index contributed by atoms with van der Waals surface area (Å²) in [6.45, 7) is 3.95. The number of thiophene rings is 1. The van der Waals surface area contributed by atoms with Gasteiger partial charge in [0.2, 0.25) is 0 Å². The number of anilines is 1. The highest BCUT2D eigenvalue weighted by atomic mass is 32.1. The number of aliphatic hydroxyl groups is 1. The van der Waals surface area contributed by atoms with E-state index in [2.05, 4.69) is 5.32 Å². The van der Waals surface area contributed by atoms with Crippen molar-refractivity contribution in [2.24, 2.45) is 0 Å². The van der Waals surface area contributed by atoms with Crippen LogP contribution in [0.15, 0.2) is 41.8 Å². The smallest absolute Gasteiger partial charge is 0.119 e. The molecule has 1 unspecified atom stereocenters. The third-order valence-electron chi connectivity index (χ3n) is 2.84. The number of aliphatic hydroxyl groups excluding tert-OH is 1. The van der Waals surface area contributed by atoms with E-state index in [1.54, 1.807) is 11.3 Å². The SMILES string of the molecule is CCOc1ccc(NCC(O)COCc2cccs2)cc1. The van der Waals surface area contributed by atoms with Gasteiger partial charge in [0.1, 0.15) is 5.75 Å². The van der Waals surface area contributed by atoms with Gasteiger partial charge >= 0.3 is 0 Å². The second-order valence-electron chi connectivity index (χ2n) is 4.59. The zero-order valence-electron chi connectivity index (χ0n) is 12.1. The van der Waals surface area contributed by atoms with E-state index in [1.807, 2.05) is 48.7 Å². The van der Waals surface area contributed by atoms with Crippen LogP contribution in [0.1, 0.15) is 11.8 Å². The van der Waals surface area contributed by atoms with E-state index in [-0.39, 0.29) is 0 Å². The zero-order valence-corrected chi connectivity index (χ0v) is 12.9. The maximum absolute atomic E-state index is 9.87. The van der Waals surface area contributed by atoms with E-state index in [4.69, 9.17) is 9.47 Å². The molecule has 2 rings (SSSR count). The quantitative estimate of drug-likeness (QED) is 0.747. The molecular weight excluding hydrogens is 286 g/mol. The van der Waals surface area contributed by atoms with Crippen molar-refractivity contribution in [2.75, 3.05) is 25.1 Å². The standard InChI is InChI=1S/C16H21NO3S/c1-2-20-15-7-5-13(6-8-15)17-10-14(18)11-19-12-16-4-3-9-21-16/h3-9,14,17-18H,2,10-12H2,1H3. The van der Waals surface area contributed by atoms with E-state index in [0.29, 0.717) is 26.4 Å². The van der Waals surface area contributed by atoms with Gasteiger partial charge in [0.25, 0.3) is 0 Å². The van der Waals surface area contributed by atoms with Crippen LogP contribution in [-0.2, 0) is 11.3 Å². The molecule has 1 atom stereocenters. The van der Waals surface area contributed by atoms with Gasteiger partial charge in [-0.1, -0.05) is 6.07 Å². The fourth-order valence-electron chi connectivity index (χ4n) is 1.82. The molecule has 0 aliphatic heterocycles. The molecule has 1 aromatic heterocycles. The van der Waals surface area contributed by atoms with Crippen LogP contribution < -0.4 is 10.1 Å². The molecule has 0 spiro atoms. The van der Waals surface area contributed by atoms with E-state index < -0.39 is 6.10 Å². The first-order chi connectivity index (χ1) is 10.3. The molecule has 0 saturated carbocycles. The Kier molecular flexibility index (Phi) is 6.53. The number of rotatable bonds is 9. The lowest BCUT2D eigenvalue weighted by molar-refractivity contribution is 0.0359. The van der Waals surface area contributed by atoms with Crippen LogP contribution in [0.2, 0.25) is 0 Å². The van der Waals surface area contributed by atoms with Crippen LogP contribution in [0.4, 0.5) is 5.69 Å². The number of hydrogen-bond donors (Lipinski definition) is 2. The van der Waals surface area contributed by atoms with Crippen LogP contribution in [0.5, 0.6) is 5.75 Å². The molecular formula is C16H21NO3S. The third kappa shape index (κ3) is 5.75. The summed E-state index contributed by atoms with van der Waals surface area (Å²) in [6.07, 6.45) is -0.531. The summed E-state index contributed by atoms with van der Waals surface area (Å²) < 4.78 is 10.9. The van der Waals surface area contributed by atoms with Gasteiger partial charge in [0.15, 0.2) is 0 Å². The third-order valence-corrected chi connectivity index (χ3v) is 3.69. The van der Waals surface area contributed by atoms with Gasteiger partial charge in [0, 0.05) is 17.1 Å². The summed E-state index contributed by atoms with van der Waals surface area (Å²) >= 11 is 1.66. The molecule has 2 N–H and O–H groups in total. The predicted octanol–water partition coefficient (Wildman–Crippen LogP) is 3.14. The first-order valence-corrected chi connectivity index (χ1v) is 7.91. The van der Waals surface area contributed by atoms with E-state index in [9.17, 15) is 5.11 Å². The monoisotopic (exact) mass is 307 g/mol.